The van der Waals surface area contributed by atoms with Crippen molar-refractivity contribution in [3.8, 4) is 11.1 Å². The maximum atomic E-state index is 11.5. The topological polar surface area (TPSA) is 55.1 Å². The third-order valence-electron chi connectivity index (χ3n) is 4.77. The predicted octanol–water partition coefficient (Wildman–Crippen LogP) is 4.51. The van der Waals surface area contributed by atoms with Crippen molar-refractivity contribution in [1.82, 2.24) is 0 Å². The number of carbonyl (C=O) groups excluding carboxylic acids is 1. The van der Waals surface area contributed by atoms with E-state index in [0.717, 1.165) is 16.7 Å². The summed E-state index contributed by atoms with van der Waals surface area (Å²) in [6, 6.07) is 14.8. The van der Waals surface area contributed by atoms with Crippen molar-refractivity contribution >= 4 is 11.6 Å². The largest absolute Gasteiger partial charge is 0.382 e. The van der Waals surface area contributed by atoms with Gasteiger partial charge in [0, 0.05) is 17.3 Å². The molecule has 3 nitrogen and oxygen atoms in total. The molecule has 2 aromatic rings. The Hall–Kier alpha value is -2.29. The quantitative estimate of drug-likeness (QED) is 0.873. The van der Waals surface area contributed by atoms with Gasteiger partial charge in [0.05, 0.1) is 0 Å². The van der Waals surface area contributed by atoms with Gasteiger partial charge < -0.3 is 11.1 Å². The van der Waals surface area contributed by atoms with E-state index >= 15 is 0 Å². The number of anilines is 1. The summed E-state index contributed by atoms with van der Waals surface area (Å²) in [7, 11) is 0. The van der Waals surface area contributed by atoms with E-state index < -0.39 is 0 Å². The zero-order chi connectivity index (χ0) is 16.2. The molecule has 0 unspecified atom stereocenters. The average molecular weight is 308 g/mol. The Morgan fingerprint density at radius 2 is 1.74 bits per heavy atom. The van der Waals surface area contributed by atoms with Crippen molar-refractivity contribution in [3.63, 3.8) is 0 Å². The number of benzene rings is 2. The van der Waals surface area contributed by atoms with Crippen LogP contribution in [0.4, 0.5) is 5.69 Å². The minimum atomic E-state index is -0.375. The average Bonchev–Trinajstić information content (AvgIpc) is 2.57. The van der Waals surface area contributed by atoms with Crippen LogP contribution in [0.25, 0.3) is 11.1 Å². The molecular formula is C20H24N2O. The summed E-state index contributed by atoms with van der Waals surface area (Å²) in [5.74, 6) is -0.375. The van der Waals surface area contributed by atoms with Crippen LogP contribution in [0.1, 0.15) is 48.0 Å². The molecule has 0 radical (unpaired) electrons. The lowest BCUT2D eigenvalue weighted by molar-refractivity contribution is 0.1000. The molecule has 0 spiro atoms. The predicted molar refractivity (Wildman–Crippen MR) is 95.6 cm³/mol. The Morgan fingerprint density at radius 3 is 2.39 bits per heavy atom. The smallest absolute Gasteiger partial charge is 0.248 e. The van der Waals surface area contributed by atoms with E-state index in [1.165, 1.54) is 37.8 Å². The third kappa shape index (κ3) is 3.55. The molecular weight excluding hydrogens is 284 g/mol. The van der Waals surface area contributed by atoms with E-state index in [1.54, 1.807) is 6.07 Å². The second-order valence-electron chi connectivity index (χ2n) is 6.40. The fourth-order valence-corrected chi connectivity index (χ4v) is 3.44. The molecule has 0 saturated heterocycles. The molecule has 0 heterocycles. The fraction of sp³-hybridized carbons (Fsp3) is 0.350. The molecule has 1 saturated carbocycles. The van der Waals surface area contributed by atoms with Crippen molar-refractivity contribution in [2.75, 3.05) is 5.32 Å². The summed E-state index contributed by atoms with van der Waals surface area (Å²) in [6.07, 6.45) is 6.55. The van der Waals surface area contributed by atoms with Crippen LogP contribution in [0.5, 0.6) is 0 Å². The molecule has 0 aromatic heterocycles. The van der Waals surface area contributed by atoms with Crippen LogP contribution in [0.15, 0.2) is 42.5 Å². The minimum Gasteiger partial charge on any atom is -0.382 e. The number of nitrogens with one attached hydrogen (secondary N) is 1. The molecule has 3 rings (SSSR count). The first-order valence-electron chi connectivity index (χ1n) is 8.41. The standard InChI is InChI=1S/C20H24N2O/c1-14-18(8-5-9-19(14)20(21)23)15-10-12-17(13-11-15)22-16-6-3-2-4-7-16/h5,8-13,16,22H,2-4,6-7H2,1H3,(H2,21,23). The lowest BCUT2D eigenvalue weighted by Gasteiger charge is -2.24. The Balaban J connectivity index is 1.79. The lowest BCUT2D eigenvalue weighted by Crippen LogP contribution is -2.22. The normalized spacial score (nSPS) is 15.3. The molecule has 1 aliphatic carbocycles. The van der Waals surface area contributed by atoms with E-state index in [4.69, 9.17) is 5.73 Å². The first-order valence-corrected chi connectivity index (χ1v) is 8.41. The number of hydrogen-bond acceptors (Lipinski definition) is 2. The van der Waals surface area contributed by atoms with Crippen LogP contribution in [0.2, 0.25) is 0 Å². The Morgan fingerprint density at radius 1 is 1.04 bits per heavy atom. The van der Waals surface area contributed by atoms with Crippen LogP contribution in [-0.2, 0) is 0 Å². The molecule has 3 N–H and O–H groups in total. The molecule has 2 aromatic carbocycles. The van der Waals surface area contributed by atoms with Crippen LogP contribution < -0.4 is 11.1 Å². The highest BCUT2D eigenvalue weighted by atomic mass is 16.1. The molecule has 23 heavy (non-hydrogen) atoms. The number of amides is 1. The summed E-state index contributed by atoms with van der Waals surface area (Å²) < 4.78 is 0. The Labute approximate surface area is 137 Å². The molecule has 1 amide bonds. The highest BCUT2D eigenvalue weighted by Gasteiger charge is 2.13. The number of nitrogens with two attached hydrogens (primary N) is 1. The van der Waals surface area contributed by atoms with Crippen molar-refractivity contribution in [1.29, 1.82) is 0 Å². The summed E-state index contributed by atoms with van der Waals surface area (Å²) in [5, 5.41) is 3.63. The van der Waals surface area contributed by atoms with Gasteiger partial charge in [0.15, 0.2) is 0 Å². The monoisotopic (exact) mass is 308 g/mol. The van der Waals surface area contributed by atoms with E-state index in [-0.39, 0.29) is 5.91 Å². The van der Waals surface area contributed by atoms with Crippen molar-refractivity contribution in [2.45, 2.75) is 45.1 Å². The van der Waals surface area contributed by atoms with Gasteiger partial charge in [-0.15, -0.1) is 0 Å². The van der Waals surface area contributed by atoms with Gasteiger partial charge >= 0.3 is 0 Å². The molecule has 0 atom stereocenters. The van der Waals surface area contributed by atoms with Crippen LogP contribution in [0, 0.1) is 6.92 Å². The highest BCUT2D eigenvalue weighted by molar-refractivity contribution is 5.96. The van der Waals surface area contributed by atoms with Crippen molar-refractivity contribution in [3.05, 3.63) is 53.6 Å². The van der Waals surface area contributed by atoms with Gasteiger partial charge in [0.2, 0.25) is 5.91 Å². The fourth-order valence-electron chi connectivity index (χ4n) is 3.44. The van der Waals surface area contributed by atoms with Gasteiger partial charge in [-0.05, 0) is 54.7 Å². The van der Waals surface area contributed by atoms with Crippen LogP contribution in [0.3, 0.4) is 0 Å². The first-order chi connectivity index (χ1) is 11.1. The summed E-state index contributed by atoms with van der Waals surface area (Å²) in [4.78, 5) is 11.5. The Kier molecular flexibility index (Phi) is 4.65. The lowest BCUT2D eigenvalue weighted by atomic mass is 9.94. The molecule has 1 fully saturated rings. The van der Waals surface area contributed by atoms with Gasteiger partial charge in [-0.3, -0.25) is 4.79 Å². The highest BCUT2D eigenvalue weighted by Crippen LogP contribution is 2.28. The van der Waals surface area contributed by atoms with Crippen LogP contribution in [-0.4, -0.2) is 11.9 Å². The van der Waals surface area contributed by atoms with Gasteiger partial charge in [-0.25, -0.2) is 0 Å². The number of primary amides is 1. The first kappa shape index (κ1) is 15.6. The third-order valence-corrected chi connectivity index (χ3v) is 4.77. The second kappa shape index (κ2) is 6.86. The van der Waals surface area contributed by atoms with Gasteiger partial charge in [0.1, 0.15) is 0 Å². The van der Waals surface area contributed by atoms with Crippen molar-refractivity contribution < 1.29 is 4.79 Å². The molecule has 1 aliphatic rings. The van der Waals surface area contributed by atoms with Gasteiger partial charge in [-0.1, -0.05) is 43.5 Å². The zero-order valence-corrected chi connectivity index (χ0v) is 13.6. The molecule has 3 heteroatoms. The molecule has 0 aliphatic heterocycles. The molecule has 120 valence electrons. The van der Waals surface area contributed by atoms with E-state index in [9.17, 15) is 4.79 Å². The number of carbonyl (C=O) groups is 1. The maximum Gasteiger partial charge on any atom is 0.248 e. The molecule has 0 bridgehead atoms. The summed E-state index contributed by atoms with van der Waals surface area (Å²) >= 11 is 0. The van der Waals surface area contributed by atoms with Gasteiger partial charge in [-0.2, -0.15) is 0 Å². The summed E-state index contributed by atoms with van der Waals surface area (Å²) in [5.41, 5.74) is 10.3. The number of rotatable bonds is 4. The van der Waals surface area contributed by atoms with E-state index in [1.807, 2.05) is 19.1 Å². The van der Waals surface area contributed by atoms with Crippen LogP contribution >= 0.6 is 0 Å². The van der Waals surface area contributed by atoms with Crippen molar-refractivity contribution in [2.24, 2.45) is 5.73 Å². The zero-order valence-electron chi connectivity index (χ0n) is 13.6. The second-order valence-corrected chi connectivity index (χ2v) is 6.40. The maximum absolute atomic E-state index is 11.5. The van der Waals surface area contributed by atoms with E-state index in [0.29, 0.717) is 11.6 Å². The summed E-state index contributed by atoms with van der Waals surface area (Å²) in [6.45, 7) is 1.95. The Bertz CT molecular complexity index is 685. The van der Waals surface area contributed by atoms with E-state index in [2.05, 4.69) is 29.6 Å². The SMILES string of the molecule is Cc1c(C(N)=O)cccc1-c1ccc(NC2CCCCC2)cc1. The minimum absolute atomic E-state index is 0.375. The number of hydrogen-bond donors (Lipinski definition) is 2. The van der Waals surface area contributed by atoms with Gasteiger partial charge in [0.25, 0.3) is 0 Å².